The number of nitrogens with one attached hydrogen (secondary N) is 2. The molecule has 0 spiro atoms. The van der Waals surface area contributed by atoms with Gasteiger partial charge in [0.2, 0.25) is 0 Å². The zero-order valence-electron chi connectivity index (χ0n) is 19.1. The molecule has 4 amide bonds. The standard InChI is InChI=1S/C27H25N3O4/c1-3-4-15-30-26(33)20-14-13-19(16-21(20)27(30)34)25(32)29-23-12-8-11-22(17(23)2)28-24(31)18-9-6-5-7-10-18/h5-14,16H,3-4,15H2,1-2H3,(H,28,31)(H,29,32). The highest BCUT2D eigenvalue weighted by Crippen LogP contribution is 2.27. The number of benzene rings is 3. The lowest BCUT2D eigenvalue weighted by Crippen LogP contribution is -2.30. The molecule has 1 aliphatic rings. The van der Waals surface area contributed by atoms with Gasteiger partial charge in [0.1, 0.15) is 0 Å². The van der Waals surface area contributed by atoms with Gasteiger partial charge < -0.3 is 10.6 Å². The van der Waals surface area contributed by atoms with Gasteiger partial charge in [-0.05, 0) is 61.4 Å². The molecule has 0 radical (unpaired) electrons. The van der Waals surface area contributed by atoms with E-state index < -0.39 is 5.91 Å². The largest absolute Gasteiger partial charge is 0.322 e. The normalized spacial score (nSPS) is 12.5. The Kier molecular flexibility index (Phi) is 6.54. The summed E-state index contributed by atoms with van der Waals surface area (Å²) >= 11 is 0. The first-order valence-electron chi connectivity index (χ1n) is 11.2. The van der Waals surface area contributed by atoms with Gasteiger partial charge in [0.05, 0.1) is 11.1 Å². The molecule has 0 aliphatic carbocycles. The van der Waals surface area contributed by atoms with Crippen LogP contribution in [0.15, 0.2) is 66.7 Å². The quantitative estimate of drug-likeness (QED) is 0.496. The summed E-state index contributed by atoms with van der Waals surface area (Å²) in [5, 5.41) is 5.71. The Morgan fingerprint density at radius 3 is 2.03 bits per heavy atom. The van der Waals surface area contributed by atoms with Crippen LogP contribution in [0.3, 0.4) is 0 Å². The van der Waals surface area contributed by atoms with E-state index in [4.69, 9.17) is 0 Å². The predicted octanol–water partition coefficient (Wildman–Crippen LogP) is 4.90. The highest BCUT2D eigenvalue weighted by molar-refractivity contribution is 6.22. The molecule has 0 saturated heterocycles. The minimum absolute atomic E-state index is 0.245. The highest BCUT2D eigenvalue weighted by atomic mass is 16.2. The van der Waals surface area contributed by atoms with E-state index in [1.54, 1.807) is 55.5 Å². The topological polar surface area (TPSA) is 95.6 Å². The summed E-state index contributed by atoms with van der Waals surface area (Å²) in [6, 6.07) is 18.6. The summed E-state index contributed by atoms with van der Waals surface area (Å²) in [5.74, 6) is -1.35. The van der Waals surface area contributed by atoms with Crippen molar-refractivity contribution in [3.8, 4) is 0 Å². The molecule has 2 N–H and O–H groups in total. The highest BCUT2D eigenvalue weighted by Gasteiger charge is 2.35. The maximum absolute atomic E-state index is 13.0. The molecule has 0 unspecified atom stereocenters. The summed E-state index contributed by atoms with van der Waals surface area (Å²) < 4.78 is 0. The lowest BCUT2D eigenvalue weighted by molar-refractivity contribution is 0.0652. The van der Waals surface area contributed by atoms with Gasteiger partial charge in [0, 0.05) is 29.0 Å². The Bertz CT molecular complexity index is 1280. The first-order chi connectivity index (χ1) is 16.4. The van der Waals surface area contributed by atoms with Crippen LogP contribution in [0.5, 0.6) is 0 Å². The number of fused-ring (bicyclic) bond motifs is 1. The Morgan fingerprint density at radius 1 is 0.765 bits per heavy atom. The third-order valence-corrected chi connectivity index (χ3v) is 5.83. The van der Waals surface area contributed by atoms with Gasteiger partial charge in [-0.3, -0.25) is 24.1 Å². The van der Waals surface area contributed by atoms with Crippen LogP contribution in [0.4, 0.5) is 11.4 Å². The number of nitrogens with zero attached hydrogens (tertiary/aromatic N) is 1. The molecular weight excluding hydrogens is 430 g/mol. The Labute approximate surface area is 197 Å². The van der Waals surface area contributed by atoms with E-state index in [0.717, 1.165) is 12.8 Å². The summed E-state index contributed by atoms with van der Waals surface area (Å²) in [6.07, 6.45) is 1.60. The van der Waals surface area contributed by atoms with Crippen LogP contribution in [-0.4, -0.2) is 35.1 Å². The minimum Gasteiger partial charge on any atom is -0.322 e. The molecule has 1 heterocycles. The zero-order valence-corrected chi connectivity index (χ0v) is 19.1. The van der Waals surface area contributed by atoms with Gasteiger partial charge in [-0.2, -0.15) is 0 Å². The molecule has 34 heavy (non-hydrogen) atoms. The van der Waals surface area contributed by atoms with Crippen molar-refractivity contribution in [2.45, 2.75) is 26.7 Å². The fourth-order valence-corrected chi connectivity index (χ4v) is 3.84. The average Bonchev–Trinajstić information content (AvgIpc) is 3.09. The molecule has 0 fully saturated rings. The first-order valence-corrected chi connectivity index (χ1v) is 11.2. The molecule has 0 bridgehead atoms. The Balaban J connectivity index is 1.52. The van der Waals surface area contributed by atoms with Crippen LogP contribution in [0, 0.1) is 6.92 Å². The predicted molar refractivity (Wildman–Crippen MR) is 130 cm³/mol. The molecule has 4 rings (SSSR count). The second-order valence-electron chi connectivity index (χ2n) is 8.13. The third kappa shape index (κ3) is 4.45. The summed E-state index contributed by atoms with van der Waals surface area (Å²) in [7, 11) is 0. The van der Waals surface area contributed by atoms with E-state index >= 15 is 0 Å². The van der Waals surface area contributed by atoms with Crippen LogP contribution in [0.2, 0.25) is 0 Å². The molecule has 7 nitrogen and oxygen atoms in total. The van der Waals surface area contributed by atoms with Crippen molar-refractivity contribution in [2.75, 3.05) is 17.2 Å². The second-order valence-corrected chi connectivity index (χ2v) is 8.13. The number of hydrogen-bond donors (Lipinski definition) is 2. The number of rotatable bonds is 7. The Morgan fingerprint density at radius 2 is 1.38 bits per heavy atom. The lowest BCUT2D eigenvalue weighted by Gasteiger charge is -2.14. The van der Waals surface area contributed by atoms with Crippen LogP contribution in [-0.2, 0) is 0 Å². The van der Waals surface area contributed by atoms with Gasteiger partial charge in [-0.25, -0.2) is 0 Å². The minimum atomic E-state index is -0.412. The van der Waals surface area contributed by atoms with Crippen molar-refractivity contribution >= 4 is 35.0 Å². The van der Waals surface area contributed by atoms with Crippen LogP contribution >= 0.6 is 0 Å². The number of hydrogen-bond acceptors (Lipinski definition) is 4. The first kappa shape index (κ1) is 22.9. The van der Waals surface area contributed by atoms with Gasteiger partial charge >= 0.3 is 0 Å². The molecule has 0 atom stereocenters. The summed E-state index contributed by atoms with van der Waals surface area (Å²) in [5.41, 5.74) is 3.17. The van der Waals surface area contributed by atoms with Crippen molar-refractivity contribution in [3.63, 3.8) is 0 Å². The molecule has 172 valence electrons. The van der Waals surface area contributed by atoms with E-state index in [1.165, 1.54) is 17.0 Å². The molecule has 7 heteroatoms. The van der Waals surface area contributed by atoms with Crippen molar-refractivity contribution < 1.29 is 19.2 Å². The smallest absolute Gasteiger partial charge is 0.261 e. The van der Waals surface area contributed by atoms with Crippen molar-refractivity contribution in [1.29, 1.82) is 0 Å². The molecule has 0 aromatic heterocycles. The monoisotopic (exact) mass is 455 g/mol. The number of carbonyl (C=O) groups is 4. The molecule has 3 aromatic carbocycles. The van der Waals surface area contributed by atoms with Crippen molar-refractivity contribution in [3.05, 3.63) is 94.5 Å². The van der Waals surface area contributed by atoms with Crippen LogP contribution in [0.25, 0.3) is 0 Å². The average molecular weight is 456 g/mol. The molecule has 0 saturated carbocycles. The number of carbonyl (C=O) groups excluding carboxylic acids is 4. The summed E-state index contributed by atoms with van der Waals surface area (Å²) in [4.78, 5) is 51.9. The van der Waals surface area contributed by atoms with Gasteiger partial charge in [-0.1, -0.05) is 37.6 Å². The van der Waals surface area contributed by atoms with E-state index in [-0.39, 0.29) is 28.8 Å². The summed E-state index contributed by atoms with van der Waals surface area (Å²) in [6.45, 7) is 4.16. The van der Waals surface area contributed by atoms with Gasteiger partial charge in [0.25, 0.3) is 23.6 Å². The number of anilines is 2. The fourth-order valence-electron chi connectivity index (χ4n) is 3.84. The molecular formula is C27H25N3O4. The van der Waals surface area contributed by atoms with E-state index in [1.807, 2.05) is 13.0 Å². The van der Waals surface area contributed by atoms with Gasteiger partial charge in [0.15, 0.2) is 0 Å². The van der Waals surface area contributed by atoms with E-state index in [2.05, 4.69) is 10.6 Å². The molecule has 3 aromatic rings. The van der Waals surface area contributed by atoms with Crippen molar-refractivity contribution in [1.82, 2.24) is 4.90 Å². The maximum Gasteiger partial charge on any atom is 0.261 e. The SMILES string of the molecule is CCCCN1C(=O)c2ccc(C(=O)Nc3cccc(NC(=O)c4ccccc4)c3C)cc2C1=O. The maximum atomic E-state index is 13.0. The van der Waals surface area contributed by atoms with Crippen molar-refractivity contribution in [2.24, 2.45) is 0 Å². The number of unbranched alkanes of at least 4 members (excludes halogenated alkanes) is 1. The second kappa shape index (κ2) is 9.70. The van der Waals surface area contributed by atoms with Crippen LogP contribution in [0.1, 0.15) is 66.8 Å². The number of amides is 4. The van der Waals surface area contributed by atoms with Gasteiger partial charge in [-0.15, -0.1) is 0 Å². The molecule has 1 aliphatic heterocycles. The fraction of sp³-hybridized carbons (Fsp3) is 0.185. The van der Waals surface area contributed by atoms with Crippen LogP contribution < -0.4 is 10.6 Å². The third-order valence-electron chi connectivity index (χ3n) is 5.83. The Hall–Kier alpha value is -4.26. The zero-order chi connectivity index (χ0) is 24.2. The van der Waals surface area contributed by atoms with E-state index in [9.17, 15) is 19.2 Å². The number of imide groups is 1. The lowest BCUT2D eigenvalue weighted by atomic mass is 10.0. The van der Waals surface area contributed by atoms with E-state index in [0.29, 0.717) is 34.6 Å².